The Balaban J connectivity index is 1.25. The van der Waals surface area contributed by atoms with Crippen LogP contribution in [0.1, 0.15) is 65.8 Å². The van der Waals surface area contributed by atoms with Gasteiger partial charge in [-0.15, -0.1) is 0 Å². The fraction of sp³-hybridized carbons (Fsp3) is 0.621. The molecule has 1 aliphatic heterocycles. The molecule has 224 valence electrons. The van der Waals surface area contributed by atoms with E-state index in [0.29, 0.717) is 31.6 Å². The first-order valence-corrected chi connectivity index (χ1v) is 15.8. The molecule has 2 N–H and O–H groups in total. The number of aromatic nitrogens is 2. The van der Waals surface area contributed by atoms with E-state index in [4.69, 9.17) is 18.5 Å². The average Bonchev–Trinajstić information content (AvgIpc) is 3.85. The molecule has 0 radical (unpaired) electrons. The minimum atomic E-state index is -4.00. The Labute approximate surface area is 239 Å². The second-order valence-corrected chi connectivity index (χ2v) is 14.6. The van der Waals surface area contributed by atoms with Gasteiger partial charge in [0.1, 0.15) is 11.3 Å². The molecule has 4 atom stereocenters. The third-order valence-electron chi connectivity index (χ3n) is 8.10. The van der Waals surface area contributed by atoms with Crippen LogP contribution in [-0.2, 0) is 23.4 Å². The Kier molecular flexibility index (Phi) is 8.11. The van der Waals surface area contributed by atoms with E-state index in [2.05, 4.69) is 10.1 Å². The molecule has 0 bridgehead atoms. The monoisotopic (exact) mass is 589 g/mol. The van der Waals surface area contributed by atoms with Crippen molar-refractivity contribution in [3.63, 3.8) is 0 Å². The summed E-state index contributed by atoms with van der Waals surface area (Å²) in [7, 11) is -4.00. The maximum absolute atomic E-state index is 14.1. The third-order valence-corrected chi connectivity index (χ3v) is 9.74. The lowest BCUT2D eigenvalue weighted by atomic mass is 9.83. The standard InChI is InChI=1S/C29H40N3O8P/c1-20(22-16-28(11-12-28)23(18-37-22)32-15-10-24(33)30-26(32)35)17-39-41(36,40-21-8-6-5-7-9-21)31-29(13-14-29)25(34)38-19-27(2,3)4/h5-10,15,20,22-23H,11-14,16-19H2,1-4H3,(H,31,36)(H,30,33,35)/t20-,22?,23?,41?/m0/s1. The summed E-state index contributed by atoms with van der Waals surface area (Å²) in [4.78, 5) is 39.3. The predicted octanol–water partition coefficient (Wildman–Crippen LogP) is 4.20. The summed E-state index contributed by atoms with van der Waals surface area (Å²) in [5, 5.41) is 2.92. The van der Waals surface area contributed by atoms with Gasteiger partial charge in [-0.05, 0) is 55.1 Å². The van der Waals surface area contributed by atoms with Crippen molar-refractivity contribution in [2.45, 2.75) is 77.5 Å². The van der Waals surface area contributed by atoms with Crippen LogP contribution in [-0.4, -0.2) is 47.0 Å². The van der Waals surface area contributed by atoms with Gasteiger partial charge in [0.15, 0.2) is 0 Å². The minimum absolute atomic E-state index is 0.0637. The van der Waals surface area contributed by atoms with E-state index >= 15 is 0 Å². The molecule has 3 fully saturated rings. The van der Waals surface area contributed by atoms with E-state index in [1.54, 1.807) is 28.8 Å². The van der Waals surface area contributed by atoms with Gasteiger partial charge in [0, 0.05) is 18.2 Å². The van der Waals surface area contributed by atoms with Gasteiger partial charge >= 0.3 is 19.4 Å². The molecular weight excluding hydrogens is 549 g/mol. The number of nitrogens with zero attached hydrogens (tertiary/aromatic N) is 1. The van der Waals surface area contributed by atoms with Crippen molar-refractivity contribution in [3.05, 3.63) is 63.4 Å². The number of esters is 1. The second kappa shape index (κ2) is 11.2. The van der Waals surface area contributed by atoms with Crippen molar-refractivity contribution in [1.29, 1.82) is 0 Å². The first-order valence-electron chi connectivity index (χ1n) is 14.2. The molecule has 2 heterocycles. The summed E-state index contributed by atoms with van der Waals surface area (Å²) >= 11 is 0. The molecule has 12 heteroatoms. The second-order valence-electron chi connectivity index (χ2n) is 13.0. The molecule has 3 aliphatic rings. The highest BCUT2D eigenvalue weighted by Gasteiger charge is 2.57. The fourth-order valence-corrected chi connectivity index (χ4v) is 7.12. The van der Waals surface area contributed by atoms with Gasteiger partial charge < -0.3 is 14.0 Å². The Morgan fingerprint density at radius 1 is 1.17 bits per heavy atom. The molecule has 1 aromatic heterocycles. The summed E-state index contributed by atoms with van der Waals surface area (Å²) in [5.74, 6) is -0.260. The number of nitrogens with one attached hydrogen (secondary N) is 2. The van der Waals surface area contributed by atoms with E-state index in [-0.39, 0.29) is 42.1 Å². The Bertz CT molecular complexity index is 1410. The molecule has 3 unspecified atom stereocenters. The van der Waals surface area contributed by atoms with Crippen LogP contribution < -0.4 is 20.9 Å². The normalized spacial score (nSPS) is 24.7. The van der Waals surface area contributed by atoms with Gasteiger partial charge in [-0.1, -0.05) is 45.9 Å². The molecule has 41 heavy (non-hydrogen) atoms. The molecule has 1 saturated heterocycles. The number of para-hydroxylation sites is 1. The van der Waals surface area contributed by atoms with Crippen LogP contribution in [0.25, 0.3) is 0 Å². The zero-order chi connectivity index (χ0) is 29.5. The molecule has 1 spiro atoms. The average molecular weight is 590 g/mol. The van der Waals surface area contributed by atoms with Crippen LogP contribution >= 0.6 is 7.75 Å². The van der Waals surface area contributed by atoms with Gasteiger partial charge in [-0.25, -0.2) is 9.36 Å². The predicted molar refractivity (Wildman–Crippen MR) is 152 cm³/mol. The van der Waals surface area contributed by atoms with E-state index in [1.807, 2.05) is 33.8 Å². The zero-order valence-corrected chi connectivity index (χ0v) is 25.0. The van der Waals surface area contributed by atoms with Gasteiger partial charge in [0.2, 0.25) is 0 Å². The number of ether oxygens (including phenoxy) is 2. The lowest BCUT2D eigenvalue weighted by Gasteiger charge is -2.40. The number of hydrogen-bond donors (Lipinski definition) is 2. The van der Waals surface area contributed by atoms with Crippen molar-refractivity contribution < 1.29 is 27.9 Å². The summed E-state index contributed by atoms with van der Waals surface area (Å²) in [6.45, 7) is 8.51. The lowest BCUT2D eigenvalue weighted by Crippen LogP contribution is -2.44. The number of benzene rings is 1. The molecule has 2 saturated carbocycles. The molecule has 2 aliphatic carbocycles. The smallest absolute Gasteiger partial charge is 0.459 e. The maximum Gasteiger partial charge on any atom is 0.459 e. The topological polar surface area (TPSA) is 138 Å². The van der Waals surface area contributed by atoms with Gasteiger partial charge in [-0.3, -0.25) is 23.7 Å². The van der Waals surface area contributed by atoms with E-state index in [1.165, 1.54) is 12.3 Å². The van der Waals surface area contributed by atoms with Crippen LogP contribution in [0.15, 0.2) is 52.2 Å². The number of carbonyl (C=O) groups is 1. The van der Waals surface area contributed by atoms with Crippen molar-refractivity contribution in [2.24, 2.45) is 16.7 Å². The van der Waals surface area contributed by atoms with Gasteiger partial charge in [0.05, 0.1) is 32.0 Å². The zero-order valence-electron chi connectivity index (χ0n) is 24.1. The fourth-order valence-electron chi connectivity index (χ4n) is 5.29. The molecular formula is C29H40N3O8P. The molecule has 1 aromatic carbocycles. The molecule has 0 amide bonds. The van der Waals surface area contributed by atoms with Crippen LogP contribution in [0.5, 0.6) is 5.75 Å². The van der Waals surface area contributed by atoms with Crippen LogP contribution in [0.2, 0.25) is 0 Å². The van der Waals surface area contributed by atoms with E-state index < -0.39 is 30.5 Å². The first-order chi connectivity index (χ1) is 19.3. The van der Waals surface area contributed by atoms with Crippen LogP contribution in [0.3, 0.4) is 0 Å². The molecule has 2 aromatic rings. The van der Waals surface area contributed by atoms with Crippen molar-refractivity contribution >= 4 is 13.7 Å². The van der Waals surface area contributed by atoms with E-state index in [0.717, 1.165) is 12.8 Å². The molecule has 5 rings (SSSR count). The number of hydrogen-bond acceptors (Lipinski definition) is 8. The largest absolute Gasteiger partial charge is 0.464 e. The quantitative estimate of drug-likeness (QED) is 0.292. The van der Waals surface area contributed by atoms with Crippen molar-refractivity contribution in [2.75, 3.05) is 19.8 Å². The van der Waals surface area contributed by atoms with Gasteiger partial charge in [0.25, 0.3) is 5.56 Å². The number of aromatic amines is 1. The van der Waals surface area contributed by atoms with E-state index in [9.17, 15) is 18.9 Å². The number of carbonyl (C=O) groups excluding carboxylic acids is 1. The van der Waals surface area contributed by atoms with Crippen LogP contribution in [0.4, 0.5) is 0 Å². The third kappa shape index (κ3) is 7.02. The number of rotatable bonds is 11. The Morgan fingerprint density at radius 3 is 2.49 bits per heavy atom. The van der Waals surface area contributed by atoms with Crippen LogP contribution in [0, 0.1) is 16.7 Å². The molecule has 11 nitrogen and oxygen atoms in total. The Hall–Kier alpha value is -2.72. The summed E-state index contributed by atoms with van der Waals surface area (Å²) in [6, 6.07) is 9.89. The summed E-state index contributed by atoms with van der Waals surface area (Å²) < 4.78 is 39.3. The highest BCUT2D eigenvalue weighted by Crippen LogP contribution is 2.60. The summed E-state index contributed by atoms with van der Waals surface area (Å²) in [5.41, 5.74) is -2.29. The SMILES string of the molecule is C[C@@H](COP(=O)(NC1(C(=O)OCC(C)(C)C)CC1)Oc1ccccc1)C1CC2(CC2)C(n2ccc(=O)[nH]c2=O)CO1. The Morgan fingerprint density at radius 2 is 1.88 bits per heavy atom. The van der Waals surface area contributed by atoms with Gasteiger partial charge in [-0.2, -0.15) is 5.09 Å². The first kappa shape index (κ1) is 29.8. The summed E-state index contributed by atoms with van der Waals surface area (Å²) in [6.07, 6.45) is 4.89. The maximum atomic E-state index is 14.1. The minimum Gasteiger partial charge on any atom is -0.464 e. The highest BCUT2D eigenvalue weighted by molar-refractivity contribution is 7.52. The lowest BCUT2D eigenvalue weighted by molar-refractivity contribution is -0.149. The van der Waals surface area contributed by atoms with Crippen molar-refractivity contribution in [1.82, 2.24) is 14.6 Å². The highest BCUT2D eigenvalue weighted by atomic mass is 31.2. The van der Waals surface area contributed by atoms with Crippen molar-refractivity contribution in [3.8, 4) is 5.75 Å². The number of H-pyrrole nitrogens is 1.